The summed E-state index contributed by atoms with van der Waals surface area (Å²) in [6.07, 6.45) is 4.86. The molecule has 0 amide bonds. The van der Waals surface area contributed by atoms with Gasteiger partial charge in [-0.15, -0.1) is 0 Å². The number of hydrogen-bond donors (Lipinski definition) is 0. The molecule has 2 aromatic rings. The van der Waals surface area contributed by atoms with Crippen LogP contribution in [0.3, 0.4) is 0 Å². The summed E-state index contributed by atoms with van der Waals surface area (Å²) in [6, 6.07) is 19.3. The van der Waals surface area contributed by atoms with Crippen LogP contribution >= 0.6 is 0 Å². The SMILES string of the molecule is CCCC[C@H](Cc1cccc(OC)c1)c1ccccc1. The lowest BCUT2D eigenvalue weighted by molar-refractivity contribution is 0.414. The molecular formula is C19H24O. The van der Waals surface area contributed by atoms with Gasteiger partial charge in [-0.1, -0.05) is 62.2 Å². The fourth-order valence-corrected chi connectivity index (χ4v) is 2.65. The third-order valence-corrected chi connectivity index (χ3v) is 3.79. The van der Waals surface area contributed by atoms with Gasteiger partial charge in [-0.25, -0.2) is 0 Å². The topological polar surface area (TPSA) is 9.23 Å². The van der Waals surface area contributed by atoms with Crippen LogP contribution in [0.4, 0.5) is 0 Å². The van der Waals surface area contributed by atoms with E-state index in [-0.39, 0.29) is 0 Å². The molecule has 0 aliphatic heterocycles. The summed E-state index contributed by atoms with van der Waals surface area (Å²) in [5.41, 5.74) is 2.80. The van der Waals surface area contributed by atoms with E-state index in [9.17, 15) is 0 Å². The molecule has 0 N–H and O–H groups in total. The molecule has 1 atom stereocenters. The highest BCUT2D eigenvalue weighted by Gasteiger charge is 2.12. The fourth-order valence-electron chi connectivity index (χ4n) is 2.65. The Labute approximate surface area is 122 Å². The first-order valence-electron chi connectivity index (χ1n) is 7.51. The van der Waals surface area contributed by atoms with Crippen LogP contribution in [0, 0.1) is 0 Å². The zero-order valence-electron chi connectivity index (χ0n) is 12.5. The molecule has 0 saturated heterocycles. The van der Waals surface area contributed by atoms with Gasteiger partial charge in [0.2, 0.25) is 0 Å². The average Bonchev–Trinajstić information content (AvgIpc) is 2.52. The summed E-state index contributed by atoms with van der Waals surface area (Å²) in [4.78, 5) is 0. The molecular weight excluding hydrogens is 244 g/mol. The maximum atomic E-state index is 5.32. The molecule has 2 aromatic carbocycles. The van der Waals surface area contributed by atoms with Crippen LogP contribution in [0.25, 0.3) is 0 Å². The molecule has 2 rings (SSSR count). The number of ether oxygens (including phenoxy) is 1. The predicted octanol–water partition coefficient (Wildman–Crippen LogP) is 5.21. The minimum Gasteiger partial charge on any atom is -0.497 e. The Bertz CT molecular complexity index is 504. The van der Waals surface area contributed by atoms with Crippen molar-refractivity contribution in [3.8, 4) is 5.75 Å². The van der Waals surface area contributed by atoms with Crippen LogP contribution in [-0.4, -0.2) is 7.11 Å². The molecule has 0 unspecified atom stereocenters. The molecule has 0 heterocycles. The Morgan fingerprint density at radius 3 is 2.50 bits per heavy atom. The highest BCUT2D eigenvalue weighted by molar-refractivity contribution is 5.30. The van der Waals surface area contributed by atoms with Gasteiger partial charge in [0.15, 0.2) is 0 Å². The molecule has 0 aromatic heterocycles. The van der Waals surface area contributed by atoms with Crippen molar-refractivity contribution >= 4 is 0 Å². The highest BCUT2D eigenvalue weighted by Crippen LogP contribution is 2.27. The van der Waals surface area contributed by atoms with Gasteiger partial charge in [-0.05, 0) is 42.0 Å². The van der Waals surface area contributed by atoms with E-state index in [0.717, 1.165) is 12.2 Å². The molecule has 0 spiro atoms. The monoisotopic (exact) mass is 268 g/mol. The van der Waals surface area contributed by atoms with Gasteiger partial charge in [0.1, 0.15) is 5.75 Å². The van der Waals surface area contributed by atoms with Crippen molar-refractivity contribution in [1.82, 2.24) is 0 Å². The van der Waals surface area contributed by atoms with Gasteiger partial charge >= 0.3 is 0 Å². The summed E-state index contributed by atoms with van der Waals surface area (Å²) in [6.45, 7) is 2.26. The van der Waals surface area contributed by atoms with E-state index in [1.54, 1.807) is 7.11 Å². The first-order valence-corrected chi connectivity index (χ1v) is 7.51. The van der Waals surface area contributed by atoms with Gasteiger partial charge in [-0.3, -0.25) is 0 Å². The van der Waals surface area contributed by atoms with Crippen molar-refractivity contribution < 1.29 is 4.74 Å². The second-order valence-electron chi connectivity index (χ2n) is 5.31. The van der Waals surface area contributed by atoms with Crippen molar-refractivity contribution in [2.24, 2.45) is 0 Å². The van der Waals surface area contributed by atoms with Crippen LogP contribution in [0.5, 0.6) is 5.75 Å². The molecule has 1 nitrogen and oxygen atoms in total. The minimum absolute atomic E-state index is 0.600. The maximum absolute atomic E-state index is 5.32. The van der Waals surface area contributed by atoms with E-state index >= 15 is 0 Å². The van der Waals surface area contributed by atoms with E-state index in [1.165, 1.54) is 30.4 Å². The van der Waals surface area contributed by atoms with Gasteiger partial charge in [-0.2, -0.15) is 0 Å². The van der Waals surface area contributed by atoms with Gasteiger partial charge in [0, 0.05) is 0 Å². The molecule has 0 radical (unpaired) electrons. The first-order chi connectivity index (χ1) is 9.83. The lowest BCUT2D eigenvalue weighted by Crippen LogP contribution is -2.03. The maximum Gasteiger partial charge on any atom is 0.119 e. The molecule has 0 aliphatic rings. The Balaban J connectivity index is 2.14. The summed E-state index contributed by atoms with van der Waals surface area (Å²) in [7, 11) is 1.73. The first kappa shape index (κ1) is 14.6. The second-order valence-corrected chi connectivity index (χ2v) is 5.31. The van der Waals surface area contributed by atoms with Gasteiger partial charge in [0.05, 0.1) is 7.11 Å². The van der Waals surface area contributed by atoms with E-state index in [0.29, 0.717) is 5.92 Å². The van der Waals surface area contributed by atoms with Crippen molar-refractivity contribution in [2.45, 2.75) is 38.5 Å². The average molecular weight is 268 g/mol. The molecule has 0 fully saturated rings. The highest BCUT2D eigenvalue weighted by atomic mass is 16.5. The minimum atomic E-state index is 0.600. The van der Waals surface area contributed by atoms with Crippen LogP contribution in [0.2, 0.25) is 0 Å². The number of benzene rings is 2. The van der Waals surface area contributed by atoms with Crippen LogP contribution in [0.1, 0.15) is 43.2 Å². The Morgan fingerprint density at radius 1 is 1.00 bits per heavy atom. The molecule has 0 aliphatic carbocycles. The van der Waals surface area contributed by atoms with Crippen molar-refractivity contribution in [3.05, 3.63) is 65.7 Å². The van der Waals surface area contributed by atoms with E-state index in [1.807, 2.05) is 6.07 Å². The lowest BCUT2D eigenvalue weighted by atomic mass is 9.88. The zero-order valence-corrected chi connectivity index (χ0v) is 12.5. The molecule has 0 bridgehead atoms. The van der Waals surface area contributed by atoms with Gasteiger partial charge < -0.3 is 4.74 Å². The van der Waals surface area contributed by atoms with E-state index < -0.39 is 0 Å². The summed E-state index contributed by atoms with van der Waals surface area (Å²) >= 11 is 0. The molecule has 20 heavy (non-hydrogen) atoms. The summed E-state index contributed by atoms with van der Waals surface area (Å²) in [5, 5.41) is 0. The van der Waals surface area contributed by atoms with Crippen LogP contribution in [-0.2, 0) is 6.42 Å². The zero-order chi connectivity index (χ0) is 14.2. The van der Waals surface area contributed by atoms with Crippen LogP contribution < -0.4 is 4.74 Å². The van der Waals surface area contributed by atoms with E-state index in [4.69, 9.17) is 4.74 Å². The Kier molecular flexibility index (Phi) is 5.67. The third-order valence-electron chi connectivity index (χ3n) is 3.79. The fraction of sp³-hybridized carbons (Fsp3) is 0.368. The smallest absolute Gasteiger partial charge is 0.119 e. The Morgan fingerprint density at radius 2 is 1.80 bits per heavy atom. The van der Waals surface area contributed by atoms with E-state index in [2.05, 4.69) is 55.5 Å². The van der Waals surface area contributed by atoms with Gasteiger partial charge in [0.25, 0.3) is 0 Å². The molecule has 106 valence electrons. The van der Waals surface area contributed by atoms with Crippen molar-refractivity contribution in [3.63, 3.8) is 0 Å². The number of unbranched alkanes of at least 4 members (excludes halogenated alkanes) is 1. The lowest BCUT2D eigenvalue weighted by Gasteiger charge is -2.17. The van der Waals surface area contributed by atoms with Crippen molar-refractivity contribution in [1.29, 1.82) is 0 Å². The summed E-state index contributed by atoms with van der Waals surface area (Å²) in [5.74, 6) is 1.55. The third kappa shape index (κ3) is 4.12. The quantitative estimate of drug-likeness (QED) is 0.669. The second kappa shape index (κ2) is 7.74. The number of hydrogen-bond acceptors (Lipinski definition) is 1. The largest absolute Gasteiger partial charge is 0.497 e. The molecule has 1 heteroatoms. The molecule has 0 saturated carbocycles. The Hall–Kier alpha value is -1.76. The number of rotatable bonds is 7. The van der Waals surface area contributed by atoms with Crippen LogP contribution in [0.15, 0.2) is 54.6 Å². The number of methoxy groups -OCH3 is 1. The predicted molar refractivity (Wildman–Crippen MR) is 85.4 cm³/mol. The standard InChI is InChI=1S/C19H24O/c1-3-4-10-18(17-11-6-5-7-12-17)14-16-9-8-13-19(15-16)20-2/h5-9,11-13,15,18H,3-4,10,14H2,1-2H3/t18-/m1/s1. The summed E-state index contributed by atoms with van der Waals surface area (Å²) < 4.78 is 5.32. The van der Waals surface area contributed by atoms with Crippen molar-refractivity contribution in [2.75, 3.05) is 7.11 Å². The normalized spacial score (nSPS) is 12.1.